The van der Waals surface area contributed by atoms with Crippen molar-refractivity contribution in [2.24, 2.45) is 0 Å². The van der Waals surface area contributed by atoms with Crippen molar-refractivity contribution in [3.63, 3.8) is 0 Å². The van der Waals surface area contributed by atoms with Crippen molar-refractivity contribution in [1.29, 1.82) is 0 Å². The third-order valence-electron chi connectivity index (χ3n) is 3.55. The molecule has 1 aliphatic rings. The number of methoxy groups -OCH3 is 1. The van der Waals surface area contributed by atoms with E-state index in [1.807, 2.05) is 6.07 Å². The van der Waals surface area contributed by atoms with Crippen molar-refractivity contribution in [2.75, 3.05) is 13.7 Å². The second-order valence-corrected chi connectivity index (χ2v) is 4.60. The molecule has 0 spiro atoms. The molecule has 0 fully saturated rings. The summed E-state index contributed by atoms with van der Waals surface area (Å²) in [6.07, 6.45) is 4.75. The summed E-state index contributed by atoms with van der Waals surface area (Å²) in [5.74, 6) is 1.25. The van der Waals surface area contributed by atoms with Crippen molar-refractivity contribution in [3.05, 3.63) is 28.8 Å². The maximum absolute atomic E-state index is 9.29. The van der Waals surface area contributed by atoms with E-state index in [1.54, 1.807) is 7.11 Å². The lowest BCUT2D eigenvalue weighted by molar-refractivity contribution is 0.272. The quantitative estimate of drug-likeness (QED) is 0.848. The highest BCUT2D eigenvalue weighted by molar-refractivity contribution is 5.47. The predicted molar refractivity (Wildman–Crippen MR) is 65.1 cm³/mol. The zero-order chi connectivity index (χ0) is 11.5. The molecule has 1 aliphatic carbocycles. The normalized spacial score (nSPS) is 16.7. The molecular formula is C14H20O2. The number of ether oxygens (including phenoxy) is 1. The molecular weight excluding hydrogens is 200 g/mol. The number of hydrogen-bond donors (Lipinski definition) is 1. The molecule has 0 heterocycles. The average molecular weight is 220 g/mol. The molecule has 2 heteroatoms. The summed E-state index contributed by atoms with van der Waals surface area (Å²) < 4.78 is 5.42. The lowest BCUT2D eigenvalue weighted by atomic mass is 9.84. The van der Waals surface area contributed by atoms with Gasteiger partial charge in [0.25, 0.3) is 0 Å². The Labute approximate surface area is 97.3 Å². The predicted octanol–water partition coefficient (Wildman–Crippen LogP) is 2.67. The molecule has 2 nitrogen and oxygen atoms in total. The fourth-order valence-corrected chi connectivity index (χ4v) is 2.61. The number of aliphatic hydroxyl groups excluding tert-OH is 1. The Hall–Kier alpha value is -1.02. The van der Waals surface area contributed by atoms with E-state index in [9.17, 15) is 5.11 Å². The molecule has 0 aliphatic heterocycles. The van der Waals surface area contributed by atoms with Crippen LogP contribution in [-0.2, 0) is 12.8 Å². The van der Waals surface area contributed by atoms with Gasteiger partial charge in [-0.05, 0) is 48.4 Å². The molecule has 0 saturated carbocycles. The second-order valence-electron chi connectivity index (χ2n) is 4.60. The second kappa shape index (κ2) is 4.88. The van der Waals surface area contributed by atoms with Crippen LogP contribution in [0.25, 0.3) is 0 Å². The Morgan fingerprint density at radius 3 is 2.56 bits per heavy atom. The number of benzene rings is 1. The van der Waals surface area contributed by atoms with Crippen LogP contribution >= 0.6 is 0 Å². The summed E-state index contributed by atoms with van der Waals surface area (Å²) in [6.45, 7) is 2.30. The van der Waals surface area contributed by atoms with Crippen LogP contribution in [0.3, 0.4) is 0 Å². The summed E-state index contributed by atoms with van der Waals surface area (Å²) in [5.41, 5.74) is 4.09. The van der Waals surface area contributed by atoms with Crippen LogP contribution in [0.4, 0.5) is 0 Å². The van der Waals surface area contributed by atoms with Crippen molar-refractivity contribution in [1.82, 2.24) is 0 Å². The smallest absolute Gasteiger partial charge is 0.122 e. The molecule has 1 atom stereocenters. The Kier molecular flexibility index (Phi) is 3.49. The molecule has 1 aromatic rings. The third kappa shape index (κ3) is 1.94. The maximum Gasteiger partial charge on any atom is 0.122 e. The number of rotatable bonds is 3. The lowest BCUT2D eigenvalue weighted by Gasteiger charge is -2.24. The Balaban J connectivity index is 2.48. The van der Waals surface area contributed by atoms with Crippen LogP contribution in [0, 0.1) is 0 Å². The van der Waals surface area contributed by atoms with E-state index in [2.05, 4.69) is 13.0 Å². The molecule has 1 N–H and O–H groups in total. The summed E-state index contributed by atoms with van der Waals surface area (Å²) in [5, 5.41) is 9.29. The van der Waals surface area contributed by atoms with E-state index >= 15 is 0 Å². The van der Waals surface area contributed by atoms with Gasteiger partial charge in [-0.3, -0.25) is 0 Å². The SMILES string of the molecule is COc1ccc(C(C)CO)c2c1CCCC2. The first kappa shape index (κ1) is 11.5. The lowest BCUT2D eigenvalue weighted by Crippen LogP contribution is -2.11. The van der Waals surface area contributed by atoms with Crippen molar-refractivity contribution in [3.8, 4) is 5.75 Å². The largest absolute Gasteiger partial charge is 0.496 e. The molecule has 16 heavy (non-hydrogen) atoms. The standard InChI is InChI=1S/C14H20O2/c1-10(9-15)11-7-8-14(16-2)13-6-4-3-5-12(11)13/h7-8,10,15H,3-6,9H2,1-2H3. The maximum atomic E-state index is 9.29. The van der Waals surface area contributed by atoms with E-state index in [4.69, 9.17) is 4.74 Å². The Morgan fingerprint density at radius 1 is 1.25 bits per heavy atom. The van der Waals surface area contributed by atoms with Crippen LogP contribution in [0.15, 0.2) is 12.1 Å². The monoisotopic (exact) mass is 220 g/mol. The van der Waals surface area contributed by atoms with E-state index in [0.717, 1.165) is 18.6 Å². The number of hydrogen-bond acceptors (Lipinski definition) is 2. The van der Waals surface area contributed by atoms with Crippen molar-refractivity contribution in [2.45, 2.75) is 38.5 Å². The summed E-state index contributed by atoms with van der Waals surface area (Å²) in [7, 11) is 1.74. The highest BCUT2D eigenvalue weighted by Gasteiger charge is 2.19. The van der Waals surface area contributed by atoms with Gasteiger partial charge in [0.1, 0.15) is 5.75 Å². The van der Waals surface area contributed by atoms with Crippen LogP contribution < -0.4 is 4.74 Å². The minimum Gasteiger partial charge on any atom is -0.496 e. The van der Waals surface area contributed by atoms with Gasteiger partial charge in [0.15, 0.2) is 0 Å². The van der Waals surface area contributed by atoms with E-state index < -0.39 is 0 Å². The summed E-state index contributed by atoms with van der Waals surface area (Å²) in [6, 6.07) is 4.16. The summed E-state index contributed by atoms with van der Waals surface area (Å²) in [4.78, 5) is 0. The first-order valence-electron chi connectivity index (χ1n) is 6.07. The molecule has 0 aromatic heterocycles. The van der Waals surface area contributed by atoms with Gasteiger partial charge < -0.3 is 9.84 Å². The Morgan fingerprint density at radius 2 is 1.94 bits per heavy atom. The van der Waals surface area contributed by atoms with Crippen LogP contribution in [0.5, 0.6) is 5.75 Å². The minimum atomic E-state index is 0.221. The van der Waals surface area contributed by atoms with E-state index in [1.165, 1.54) is 29.5 Å². The van der Waals surface area contributed by atoms with Gasteiger partial charge in [-0.25, -0.2) is 0 Å². The van der Waals surface area contributed by atoms with Gasteiger partial charge in [0, 0.05) is 12.5 Å². The van der Waals surface area contributed by atoms with Crippen molar-refractivity contribution < 1.29 is 9.84 Å². The van der Waals surface area contributed by atoms with Crippen LogP contribution in [0.2, 0.25) is 0 Å². The van der Waals surface area contributed by atoms with Gasteiger partial charge >= 0.3 is 0 Å². The summed E-state index contributed by atoms with van der Waals surface area (Å²) >= 11 is 0. The first-order valence-corrected chi connectivity index (χ1v) is 6.07. The van der Waals surface area contributed by atoms with Crippen molar-refractivity contribution >= 4 is 0 Å². The van der Waals surface area contributed by atoms with Gasteiger partial charge in [-0.1, -0.05) is 13.0 Å². The molecule has 0 bridgehead atoms. The Bertz CT molecular complexity index is 371. The number of fused-ring (bicyclic) bond motifs is 1. The molecule has 0 radical (unpaired) electrons. The van der Waals surface area contributed by atoms with Crippen LogP contribution in [0.1, 0.15) is 42.4 Å². The topological polar surface area (TPSA) is 29.5 Å². The first-order chi connectivity index (χ1) is 7.77. The molecule has 0 amide bonds. The minimum absolute atomic E-state index is 0.221. The molecule has 88 valence electrons. The van der Waals surface area contributed by atoms with Gasteiger partial charge in [0.05, 0.1) is 7.11 Å². The number of aliphatic hydroxyl groups is 1. The van der Waals surface area contributed by atoms with Gasteiger partial charge in [-0.15, -0.1) is 0 Å². The zero-order valence-electron chi connectivity index (χ0n) is 10.1. The fraction of sp³-hybridized carbons (Fsp3) is 0.571. The molecule has 1 aromatic carbocycles. The molecule has 1 unspecified atom stereocenters. The molecule has 2 rings (SSSR count). The van der Waals surface area contributed by atoms with Gasteiger partial charge in [-0.2, -0.15) is 0 Å². The highest BCUT2D eigenvalue weighted by atomic mass is 16.5. The van der Waals surface area contributed by atoms with Crippen LogP contribution in [-0.4, -0.2) is 18.8 Å². The highest BCUT2D eigenvalue weighted by Crippen LogP contribution is 2.34. The average Bonchev–Trinajstić information content (AvgIpc) is 2.36. The zero-order valence-corrected chi connectivity index (χ0v) is 10.1. The van der Waals surface area contributed by atoms with Gasteiger partial charge in [0.2, 0.25) is 0 Å². The third-order valence-corrected chi connectivity index (χ3v) is 3.55. The van der Waals surface area contributed by atoms with E-state index in [-0.39, 0.29) is 12.5 Å². The van der Waals surface area contributed by atoms with E-state index in [0.29, 0.717) is 0 Å². The fourth-order valence-electron chi connectivity index (χ4n) is 2.61. The molecule has 0 saturated heterocycles.